The molecule has 0 aromatic heterocycles. The van der Waals surface area contributed by atoms with Gasteiger partial charge in [0.1, 0.15) is 0 Å². The SMILES string of the molecule is CCC1C2C(c3ccccc3)=NOC23CCCC3N1CC. The van der Waals surface area contributed by atoms with Crippen LogP contribution in [0, 0.1) is 5.92 Å². The molecule has 0 amide bonds. The number of hydrogen-bond donors (Lipinski definition) is 0. The molecule has 2 aliphatic heterocycles. The number of benzene rings is 1. The van der Waals surface area contributed by atoms with Crippen LogP contribution in [0.15, 0.2) is 35.5 Å². The van der Waals surface area contributed by atoms with Crippen LogP contribution < -0.4 is 0 Å². The van der Waals surface area contributed by atoms with E-state index in [1.807, 2.05) is 0 Å². The smallest absolute Gasteiger partial charge is 0.163 e. The van der Waals surface area contributed by atoms with Crippen LogP contribution in [0.25, 0.3) is 0 Å². The predicted molar refractivity (Wildman–Crippen MR) is 84.4 cm³/mol. The molecule has 4 unspecified atom stereocenters. The Morgan fingerprint density at radius 3 is 2.81 bits per heavy atom. The summed E-state index contributed by atoms with van der Waals surface area (Å²) >= 11 is 0. The largest absolute Gasteiger partial charge is 0.386 e. The third-order valence-corrected chi connectivity index (χ3v) is 5.81. The number of rotatable bonds is 3. The highest BCUT2D eigenvalue weighted by Crippen LogP contribution is 2.55. The van der Waals surface area contributed by atoms with Gasteiger partial charge in [0.15, 0.2) is 5.60 Å². The van der Waals surface area contributed by atoms with Crippen LogP contribution in [0.4, 0.5) is 0 Å². The summed E-state index contributed by atoms with van der Waals surface area (Å²) in [6.07, 6.45) is 4.87. The van der Waals surface area contributed by atoms with E-state index in [0.29, 0.717) is 18.0 Å². The second-order valence-electron chi connectivity index (χ2n) is 6.58. The van der Waals surface area contributed by atoms with E-state index in [-0.39, 0.29) is 5.60 Å². The van der Waals surface area contributed by atoms with E-state index in [1.54, 1.807) is 0 Å². The van der Waals surface area contributed by atoms with Gasteiger partial charge in [0.05, 0.1) is 17.7 Å². The summed E-state index contributed by atoms with van der Waals surface area (Å²) in [6, 6.07) is 11.7. The molecule has 0 N–H and O–H groups in total. The van der Waals surface area contributed by atoms with Crippen molar-refractivity contribution >= 4 is 5.71 Å². The van der Waals surface area contributed by atoms with Gasteiger partial charge in [-0.05, 0) is 37.8 Å². The maximum Gasteiger partial charge on any atom is 0.163 e. The van der Waals surface area contributed by atoms with Crippen LogP contribution in [-0.4, -0.2) is 34.8 Å². The van der Waals surface area contributed by atoms with E-state index < -0.39 is 0 Å². The maximum atomic E-state index is 6.17. The quantitative estimate of drug-likeness (QED) is 0.849. The van der Waals surface area contributed by atoms with Gasteiger partial charge in [0.2, 0.25) is 0 Å². The zero-order chi connectivity index (χ0) is 14.4. The fraction of sp³-hybridized carbons (Fsp3) is 0.611. The minimum absolute atomic E-state index is 0.0398. The second-order valence-corrected chi connectivity index (χ2v) is 6.58. The normalized spacial score (nSPS) is 38.0. The van der Waals surface area contributed by atoms with Crippen molar-refractivity contribution in [1.82, 2.24) is 4.90 Å². The van der Waals surface area contributed by atoms with Crippen LogP contribution >= 0.6 is 0 Å². The van der Waals surface area contributed by atoms with Crippen molar-refractivity contribution in [3.8, 4) is 0 Å². The first-order chi connectivity index (χ1) is 10.3. The van der Waals surface area contributed by atoms with Gasteiger partial charge >= 0.3 is 0 Å². The topological polar surface area (TPSA) is 24.8 Å². The lowest BCUT2D eigenvalue weighted by Crippen LogP contribution is -2.43. The average Bonchev–Trinajstić information content (AvgIpc) is 3.16. The molecule has 0 radical (unpaired) electrons. The Morgan fingerprint density at radius 1 is 1.29 bits per heavy atom. The zero-order valence-corrected chi connectivity index (χ0v) is 13.0. The summed E-state index contributed by atoms with van der Waals surface area (Å²) in [5.74, 6) is 0.442. The molecule has 1 spiro atoms. The highest BCUT2D eigenvalue weighted by atomic mass is 16.7. The minimum Gasteiger partial charge on any atom is -0.386 e. The number of hydrogen-bond acceptors (Lipinski definition) is 3. The van der Waals surface area contributed by atoms with Crippen molar-refractivity contribution in [2.24, 2.45) is 11.1 Å². The van der Waals surface area contributed by atoms with Gasteiger partial charge in [-0.3, -0.25) is 4.90 Å². The van der Waals surface area contributed by atoms with Crippen LogP contribution in [0.5, 0.6) is 0 Å². The molecule has 1 saturated heterocycles. The summed E-state index contributed by atoms with van der Waals surface area (Å²) < 4.78 is 0. The molecule has 3 nitrogen and oxygen atoms in total. The fourth-order valence-corrected chi connectivity index (χ4v) is 5.07. The van der Waals surface area contributed by atoms with Gasteiger partial charge in [-0.15, -0.1) is 0 Å². The van der Waals surface area contributed by atoms with E-state index in [1.165, 1.54) is 30.5 Å². The molecular formula is C18H24N2O. The van der Waals surface area contributed by atoms with Crippen LogP contribution in [0.3, 0.4) is 0 Å². The molecule has 2 heterocycles. The predicted octanol–water partition coefficient (Wildman–Crippen LogP) is 3.44. The Hall–Kier alpha value is -1.35. The molecule has 1 saturated carbocycles. The summed E-state index contributed by atoms with van der Waals surface area (Å²) in [7, 11) is 0. The van der Waals surface area contributed by atoms with Crippen LogP contribution in [0.1, 0.15) is 45.1 Å². The van der Waals surface area contributed by atoms with Gasteiger partial charge in [0, 0.05) is 6.04 Å². The molecule has 0 bridgehead atoms. The number of likely N-dealkylation sites (N-methyl/N-ethyl adjacent to an activating group) is 1. The Morgan fingerprint density at radius 2 is 2.10 bits per heavy atom. The minimum atomic E-state index is -0.0398. The van der Waals surface area contributed by atoms with Crippen molar-refractivity contribution in [3.63, 3.8) is 0 Å². The number of likely N-dealkylation sites (tertiary alicyclic amines) is 1. The first-order valence-corrected chi connectivity index (χ1v) is 8.39. The average molecular weight is 284 g/mol. The number of oxime groups is 1. The highest BCUT2D eigenvalue weighted by molar-refractivity contribution is 6.04. The molecule has 1 aromatic rings. The highest BCUT2D eigenvalue weighted by Gasteiger charge is 2.66. The van der Waals surface area contributed by atoms with Crippen molar-refractivity contribution in [2.75, 3.05) is 6.54 Å². The molecule has 1 aliphatic carbocycles. The molecule has 4 rings (SSSR count). The first-order valence-electron chi connectivity index (χ1n) is 8.39. The zero-order valence-electron chi connectivity index (χ0n) is 13.0. The molecule has 3 aliphatic rings. The molecular weight excluding hydrogens is 260 g/mol. The first kappa shape index (κ1) is 13.3. The fourth-order valence-electron chi connectivity index (χ4n) is 5.07. The third kappa shape index (κ3) is 1.67. The van der Waals surface area contributed by atoms with Crippen LogP contribution in [-0.2, 0) is 4.84 Å². The lowest BCUT2D eigenvalue weighted by atomic mass is 9.78. The van der Waals surface area contributed by atoms with Crippen molar-refractivity contribution in [3.05, 3.63) is 35.9 Å². The van der Waals surface area contributed by atoms with Gasteiger partial charge in [-0.2, -0.15) is 0 Å². The molecule has 1 aromatic carbocycles. The van der Waals surface area contributed by atoms with E-state index >= 15 is 0 Å². The van der Waals surface area contributed by atoms with E-state index in [4.69, 9.17) is 4.84 Å². The van der Waals surface area contributed by atoms with E-state index in [9.17, 15) is 0 Å². The Balaban J connectivity index is 1.78. The molecule has 112 valence electrons. The van der Waals surface area contributed by atoms with Gasteiger partial charge in [-0.25, -0.2) is 0 Å². The monoisotopic (exact) mass is 284 g/mol. The van der Waals surface area contributed by atoms with Crippen LogP contribution in [0.2, 0.25) is 0 Å². The maximum absolute atomic E-state index is 6.17. The third-order valence-electron chi connectivity index (χ3n) is 5.81. The molecule has 21 heavy (non-hydrogen) atoms. The number of nitrogens with zero attached hydrogens (tertiary/aromatic N) is 2. The summed E-state index contributed by atoms with van der Waals surface area (Å²) in [4.78, 5) is 8.86. The summed E-state index contributed by atoms with van der Waals surface area (Å²) in [6.45, 7) is 5.71. The Bertz CT molecular complexity index is 556. The molecule has 4 atom stereocenters. The Kier molecular flexibility index (Phi) is 3.07. The Labute approximate surface area is 127 Å². The van der Waals surface area contributed by atoms with Gasteiger partial charge in [0.25, 0.3) is 0 Å². The van der Waals surface area contributed by atoms with Gasteiger partial charge in [-0.1, -0.05) is 49.3 Å². The van der Waals surface area contributed by atoms with E-state index in [2.05, 4.69) is 54.2 Å². The van der Waals surface area contributed by atoms with Crippen molar-refractivity contribution in [2.45, 2.75) is 57.2 Å². The summed E-state index contributed by atoms with van der Waals surface area (Å²) in [5.41, 5.74) is 2.38. The van der Waals surface area contributed by atoms with Crippen molar-refractivity contribution < 1.29 is 4.84 Å². The lowest BCUT2D eigenvalue weighted by molar-refractivity contribution is -0.0444. The molecule has 2 fully saturated rings. The standard InChI is InChI=1S/C18H24N2O/c1-3-14-16-17(13-9-6-5-7-10-13)19-21-18(16)12-8-11-15(18)20(14)4-2/h5-7,9-10,14-16H,3-4,8,11-12H2,1-2H3. The van der Waals surface area contributed by atoms with Crippen molar-refractivity contribution in [1.29, 1.82) is 0 Å². The van der Waals surface area contributed by atoms with E-state index in [0.717, 1.165) is 13.0 Å². The summed E-state index contributed by atoms with van der Waals surface area (Å²) in [5, 5.41) is 4.58. The second kappa shape index (κ2) is 4.84. The lowest BCUT2D eigenvalue weighted by Gasteiger charge is -2.29. The van der Waals surface area contributed by atoms with Gasteiger partial charge < -0.3 is 4.84 Å². The molecule has 3 heteroatoms.